The van der Waals surface area contributed by atoms with Crippen molar-refractivity contribution in [3.05, 3.63) is 71.8 Å². The number of aliphatic hydroxyl groups excluding tert-OH is 2. The second-order valence-corrected chi connectivity index (χ2v) is 15.4. The lowest BCUT2D eigenvalue weighted by molar-refractivity contribution is -0.159. The predicted molar refractivity (Wildman–Crippen MR) is 206 cm³/mol. The van der Waals surface area contributed by atoms with Crippen LogP contribution in [-0.2, 0) is 51.3 Å². The molecule has 0 radical (unpaired) electrons. The molecule has 0 saturated carbocycles. The number of fused-ring (bicyclic) bond motifs is 4. The van der Waals surface area contributed by atoms with Crippen LogP contribution in [0.2, 0.25) is 0 Å². The van der Waals surface area contributed by atoms with Crippen LogP contribution < -0.4 is 5.32 Å². The number of hydrogen-bond acceptors (Lipinski definition) is 13. The molecule has 57 heavy (non-hydrogen) atoms. The third-order valence-corrected chi connectivity index (χ3v) is 11.8. The van der Waals surface area contributed by atoms with Crippen molar-refractivity contribution in [2.75, 3.05) is 78.7 Å². The van der Waals surface area contributed by atoms with E-state index in [0.29, 0.717) is 32.7 Å². The van der Waals surface area contributed by atoms with Crippen LogP contribution in [0.3, 0.4) is 0 Å². The van der Waals surface area contributed by atoms with Crippen LogP contribution in [0, 0.1) is 23.7 Å². The lowest BCUT2D eigenvalue weighted by Crippen LogP contribution is -2.53. The number of rotatable bonds is 12. The number of aliphatic hydroxyl groups is 2. The number of aliphatic carboxylic acids is 1. The first kappa shape index (κ1) is 42.6. The van der Waals surface area contributed by atoms with Gasteiger partial charge in [-0.2, -0.15) is 0 Å². The van der Waals surface area contributed by atoms with Gasteiger partial charge < -0.3 is 44.5 Å². The SMILES string of the molecule is O=C(O)C1C2CCC(O2)C1C(=O)OCc1ccccc1.O=C(OCc1ccccc1)C1C2CCC(O2)C1C(=O)N1CCN(CCO)CC1.OCCN1CCNCC1. The van der Waals surface area contributed by atoms with Gasteiger partial charge in [-0.15, -0.1) is 0 Å². The average Bonchev–Trinajstić information content (AvgIpc) is 4.07. The van der Waals surface area contributed by atoms with E-state index in [4.69, 9.17) is 29.2 Å². The Kier molecular flexibility index (Phi) is 15.8. The highest BCUT2D eigenvalue weighted by Gasteiger charge is 2.58. The lowest BCUT2D eigenvalue weighted by Gasteiger charge is -2.37. The molecule has 4 bridgehead atoms. The third kappa shape index (κ3) is 11.2. The highest BCUT2D eigenvalue weighted by atomic mass is 16.6. The lowest BCUT2D eigenvalue weighted by atomic mass is 9.78. The Hall–Kier alpha value is -3.96. The highest BCUT2D eigenvalue weighted by Crippen LogP contribution is 2.46. The standard InChI is InChI=1S/C21H28N2O5.C15H16O5.C6H14N2O/c24-13-12-22-8-10-23(11-9-22)20(25)18-16-6-7-17(28-16)19(18)21(26)27-14-15-4-2-1-3-5-15;16-14(17)12-10-6-7-11(20-10)13(12)15(18)19-8-9-4-2-1-3-5-9;9-6-5-8-3-1-7-2-4-8/h1-5,16-19,24H,6-14H2;1-5,10-13H,6-8H2,(H,16,17);7,9H,1-6H2. The Morgan fingerprint density at radius 2 is 1.02 bits per heavy atom. The molecule has 312 valence electrons. The van der Waals surface area contributed by atoms with Gasteiger partial charge in [0.15, 0.2) is 0 Å². The first-order valence-electron chi connectivity index (χ1n) is 20.4. The normalized spacial score (nSPS) is 29.1. The molecule has 1 amide bonds. The zero-order valence-electron chi connectivity index (χ0n) is 32.6. The van der Waals surface area contributed by atoms with Crippen molar-refractivity contribution < 1.29 is 53.4 Å². The van der Waals surface area contributed by atoms with Gasteiger partial charge in [-0.3, -0.25) is 29.0 Å². The molecule has 6 fully saturated rings. The Bertz CT molecular complexity index is 1590. The van der Waals surface area contributed by atoms with Gasteiger partial charge in [-0.25, -0.2) is 0 Å². The first-order chi connectivity index (χ1) is 27.8. The molecule has 6 saturated heterocycles. The second-order valence-electron chi connectivity index (χ2n) is 15.4. The number of hydrogen-bond donors (Lipinski definition) is 4. The molecule has 8 unspecified atom stereocenters. The van der Waals surface area contributed by atoms with Crippen LogP contribution in [0.15, 0.2) is 60.7 Å². The van der Waals surface area contributed by atoms with Gasteiger partial charge in [0.05, 0.1) is 61.3 Å². The minimum atomic E-state index is -0.973. The zero-order chi connectivity index (χ0) is 40.1. The summed E-state index contributed by atoms with van der Waals surface area (Å²) in [7, 11) is 0. The predicted octanol–water partition coefficient (Wildman–Crippen LogP) is 1.15. The van der Waals surface area contributed by atoms with E-state index in [9.17, 15) is 24.3 Å². The molecule has 6 aliphatic heterocycles. The van der Waals surface area contributed by atoms with Crippen molar-refractivity contribution in [2.24, 2.45) is 23.7 Å². The number of nitrogens with zero attached hydrogens (tertiary/aromatic N) is 3. The molecule has 0 aliphatic carbocycles. The largest absolute Gasteiger partial charge is 0.481 e. The van der Waals surface area contributed by atoms with E-state index < -0.39 is 35.6 Å². The molecule has 8 atom stereocenters. The molecule has 6 heterocycles. The van der Waals surface area contributed by atoms with E-state index >= 15 is 0 Å². The van der Waals surface area contributed by atoms with E-state index in [-0.39, 0.29) is 56.1 Å². The van der Waals surface area contributed by atoms with Crippen molar-refractivity contribution in [2.45, 2.75) is 63.3 Å². The number of carbonyl (C=O) groups is 4. The molecule has 4 N–H and O–H groups in total. The Balaban J connectivity index is 0.000000164. The van der Waals surface area contributed by atoms with Crippen molar-refractivity contribution in [3.8, 4) is 0 Å². The molecule has 2 aromatic rings. The molecule has 15 heteroatoms. The first-order valence-corrected chi connectivity index (χ1v) is 20.4. The number of carbonyl (C=O) groups excluding carboxylic acids is 3. The number of carboxylic acid groups (broad SMARTS) is 1. The summed E-state index contributed by atoms with van der Waals surface area (Å²) in [5, 5.41) is 30.1. The van der Waals surface area contributed by atoms with Crippen LogP contribution in [0.25, 0.3) is 0 Å². The number of carboxylic acids is 1. The van der Waals surface area contributed by atoms with E-state index in [2.05, 4.69) is 15.1 Å². The van der Waals surface area contributed by atoms with Crippen molar-refractivity contribution in [1.29, 1.82) is 0 Å². The summed E-state index contributed by atoms with van der Waals surface area (Å²) in [6.45, 7) is 9.32. The Morgan fingerprint density at radius 1 is 0.596 bits per heavy atom. The molecule has 0 aromatic heterocycles. The number of piperazine rings is 2. The van der Waals surface area contributed by atoms with Gasteiger partial charge in [-0.1, -0.05) is 60.7 Å². The summed E-state index contributed by atoms with van der Waals surface area (Å²) in [4.78, 5) is 55.8. The summed E-state index contributed by atoms with van der Waals surface area (Å²) in [6.07, 6.45) is 2.05. The summed E-state index contributed by atoms with van der Waals surface area (Å²) in [5.41, 5.74) is 1.82. The Labute approximate surface area is 334 Å². The fraction of sp³-hybridized carbons (Fsp3) is 0.619. The molecule has 6 aliphatic rings. The van der Waals surface area contributed by atoms with Gasteiger partial charge in [-0.05, 0) is 36.8 Å². The van der Waals surface area contributed by atoms with Gasteiger partial charge in [0, 0.05) is 65.4 Å². The summed E-state index contributed by atoms with van der Waals surface area (Å²) in [6, 6.07) is 18.9. The third-order valence-electron chi connectivity index (χ3n) is 11.8. The number of benzene rings is 2. The minimum Gasteiger partial charge on any atom is -0.481 e. The van der Waals surface area contributed by atoms with E-state index in [0.717, 1.165) is 76.2 Å². The van der Waals surface area contributed by atoms with Crippen molar-refractivity contribution in [1.82, 2.24) is 20.0 Å². The number of amides is 1. The zero-order valence-corrected chi connectivity index (χ0v) is 32.6. The van der Waals surface area contributed by atoms with E-state index in [1.165, 1.54) is 0 Å². The highest BCUT2D eigenvalue weighted by molar-refractivity contribution is 5.87. The fourth-order valence-electron chi connectivity index (χ4n) is 8.85. The minimum absolute atomic E-state index is 0.0116. The van der Waals surface area contributed by atoms with Gasteiger partial charge >= 0.3 is 17.9 Å². The maximum atomic E-state index is 13.2. The number of nitrogens with one attached hydrogen (secondary N) is 1. The monoisotopic (exact) mass is 794 g/mol. The average molecular weight is 795 g/mol. The van der Waals surface area contributed by atoms with Crippen LogP contribution in [0.4, 0.5) is 0 Å². The number of β-amino-alcohol motifs (C(OH)–C–C–N with tert-alkyl or cyclic N) is 2. The topological polar surface area (TPSA) is 188 Å². The molecular formula is C42H58N4O11. The Morgan fingerprint density at radius 3 is 1.47 bits per heavy atom. The van der Waals surface area contributed by atoms with Crippen molar-refractivity contribution in [3.63, 3.8) is 0 Å². The molecule has 0 spiro atoms. The quantitative estimate of drug-likeness (QED) is 0.224. The van der Waals surface area contributed by atoms with Crippen molar-refractivity contribution >= 4 is 23.8 Å². The molecular weight excluding hydrogens is 736 g/mol. The maximum absolute atomic E-state index is 13.2. The van der Waals surface area contributed by atoms with Crippen LogP contribution in [-0.4, -0.2) is 157 Å². The van der Waals surface area contributed by atoms with Gasteiger partial charge in [0.1, 0.15) is 13.2 Å². The molecule has 8 rings (SSSR count). The summed E-state index contributed by atoms with van der Waals surface area (Å²) in [5.74, 6) is -4.14. The molecule has 15 nitrogen and oxygen atoms in total. The second kappa shape index (κ2) is 21.2. The van der Waals surface area contributed by atoms with Gasteiger partial charge in [0.25, 0.3) is 0 Å². The van der Waals surface area contributed by atoms with Crippen LogP contribution in [0.5, 0.6) is 0 Å². The van der Waals surface area contributed by atoms with Crippen LogP contribution in [0.1, 0.15) is 36.8 Å². The summed E-state index contributed by atoms with van der Waals surface area (Å²) < 4.78 is 22.3. The molecule has 2 aromatic carbocycles. The fourth-order valence-corrected chi connectivity index (χ4v) is 8.85. The summed E-state index contributed by atoms with van der Waals surface area (Å²) >= 11 is 0. The van der Waals surface area contributed by atoms with Gasteiger partial charge in [0.2, 0.25) is 5.91 Å². The van der Waals surface area contributed by atoms with E-state index in [1.807, 2.05) is 65.6 Å². The van der Waals surface area contributed by atoms with E-state index in [1.54, 1.807) is 0 Å². The smallest absolute Gasteiger partial charge is 0.312 e. The maximum Gasteiger partial charge on any atom is 0.312 e. The van der Waals surface area contributed by atoms with Crippen LogP contribution >= 0.6 is 0 Å². The number of ether oxygens (including phenoxy) is 4. The number of esters is 2.